The summed E-state index contributed by atoms with van der Waals surface area (Å²) in [6, 6.07) is 5.78. The molecule has 0 saturated carbocycles. The minimum Gasteiger partial charge on any atom is -0.457 e. The highest BCUT2D eigenvalue weighted by molar-refractivity contribution is 8.45. The van der Waals surface area contributed by atoms with Crippen molar-refractivity contribution in [1.82, 2.24) is 4.90 Å². The maximum Gasteiger partial charge on any atom is 0.338 e. The van der Waals surface area contributed by atoms with Crippen molar-refractivity contribution in [2.24, 2.45) is 4.99 Å². The predicted molar refractivity (Wildman–Crippen MR) is 109 cm³/mol. The molecule has 30 heavy (non-hydrogen) atoms. The number of hydrogen-bond donors (Lipinski definition) is 0. The fraction of sp³-hybridized carbons (Fsp3) is 0.300. The highest BCUT2D eigenvalue weighted by Crippen LogP contribution is 3.02. The molecule has 4 nitrogen and oxygen atoms in total. The molecule has 0 heterocycles. The fourth-order valence-electron chi connectivity index (χ4n) is 2.51. The summed E-state index contributed by atoms with van der Waals surface area (Å²) in [6.07, 6.45) is 1.66. The van der Waals surface area contributed by atoms with Crippen LogP contribution in [0.25, 0.3) is 0 Å². The van der Waals surface area contributed by atoms with E-state index in [4.69, 9.17) is 4.74 Å². The Kier molecular flexibility index (Phi) is 5.97. The normalized spacial score (nSPS) is 14.3. The molecule has 0 aliphatic rings. The number of rotatable bonds is 7. The van der Waals surface area contributed by atoms with Crippen LogP contribution in [0.2, 0.25) is 0 Å². The first-order valence-corrected chi connectivity index (χ1v) is 10.9. The molecule has 0 aromatic heterocycles. The topological polar surface area (TPSA) is 41.9 Å². The lowest BCUT2D eigenvalue weighted by Gasteiger charge is -2.40. The number of hydrogen-bond acceptors (Lipinski definition) is 3. The van der Waals surface area contributed by atoms with Crippen molar-refractivity contribution in [3.8, 4) is 0 Å². The molecule has 166 valence electrons. The molecule has 0 aliphatic heterocycles. The lowest BCUT2D eigenvalue weighted by molar-refractivity contribution is 0.0471. The first-order chi connectivity index (χ1) is 13.6. The maximum absolute atomic E-state index is 12.9. The zero-order valence-corrected chi connectivity index (χ0v) is 17.8. The summed E-state index contributed by atoms with van der Waals surface area (Å²) in [4.78, 5) is 16.6. The Bertz CT molecular complexity index is 991. The molecule has 10 heteroatoms. The molecular weight excluding hydrogens is 427 g/mol. The number of carbonyl (C=O) groups is 1. The maximum atomic E-state index is 12.9. The molecule has 2 rings (SSSR count). The van der Waals surface area contributed by atoms with Crippen molar-refractivity contribution in [3.05, 3.63) is 58.7 Å². The quantitative estimate of drug-likeness (QED) is 0.199. The van der Waals surface area contributed by atoms with Crippen molar-refractivity contribution in [2.75, 3.05) is 13.6 Å². The average molecular weight is 450 g/mol. The molecule has 0 saturated heterocycles. The van der Waals surface area contributed by atoms with Gasteiger partial charge in [0.2, 0.25) is 0 Å². The van der Waals surface area contributed by atoms with E-state index in [2.05, 4.69) is 4.99 Å². The molecule has 0 N–H and O–H groups in total. The highest BCUT2D eigenvalue weighted by Gasteiger charge is 2.65. The standard InChI is InChI=1S/C20H23F5N2O2S/c1-5-27(4)13-26-19-10-9-18(14(2)15(19)3)20(28)29-12-16-7-6-8-17(11-16)30(21,22,23,24)25/h6-11,13H,5,12H2,1-4H3/b26-13+. The van der Waals surface area contributed by atoms with Crippen molar-refractivity contribution in [2.45, 2.75) is 32.3 Å². The summed E-state index contributed by atoms with van der Waals surface area (Å²) in [7, 11) is -7.93. The molecule has 0 aliphatic carbocycles. The molecule has 0 spiro atoms. The second-order valence-electron chi connectivity index (χ2n) is 6.89. The van der Waals surface area contributed by atoms with Crippen LogP contribution in [0.4, 0.5) is 25.1 Å². The molecule has 0 amide bonds. The van der Waals surface area contributed by atoms with E-state index in [9.17, 15) is 24.2 Å². The largest absolute Gasteiger partial charge is 0.457 e. The highest BCUT2D eigenvalue weighted by atomic mass is 32.5. The van der Waals surface area contributed by atoms with Gasteiger partial charge in [-0.3, -0.25) is 0 Å². The minimum atomic E-state index is -9.80. The van der Waals surface area contributed by atoms with Gasteiger partial charge in [0.25, 0.3) is 0 Å². The minimum absolute atomic E-state index is 0.188. The Labute approximate surface area is 172 Å². The summed E-state index contributed by atoms with van der Waals surface area (Å²) in [6.45, 7) is 5.65. The van der Waals surface area contributed by atoms with Gasteiger partial charge in [0, 0.05) is 13.6 Å². The van der Waals surface area contributed by atoms with Gasteiger partial charge in [-0.15, -0.1) is 0 Å². The van der Waals surface area contributed by atoms with E-state index >= 15 is 0 Å². The van der Waals surface area contributed by atoms with Crippen LogP contribution in [-0.2, 0) is 11.3 Å². The number of aliphatic imine (C=N–C) groups is 1. The van der Waals surface area contributed by atoms with E-state index in [0.717, 1.165) is 18.2 Å². The van der Waals surface area contributed by atoms with Gasteiger partial charge in [0.1, 0.15) is 11.5 Å². The van der Waals surface area contributed by atoms with E-state index in [1.807, 2.05) is 18.9 Å². The Morgan fingerprint density at radius 3 is 2.37 bits per heavy atom. The number of nitrogens with zero attached hydrogens (tertiary/aromatic N) is 2. The second-order valence-corrected chi connectivity index (χ2v) is 9.30. The van der Waals surface area contributed by atoms with Gasteiger partial charge in [0.15, 0.2) is 0 Å². The second kappa shape index (κ2) is 7.57. The summed E-state index contributed by atoms with van der Waals surface area (Å²) < 4.78 is 69.8. The summed E-state index contributed by atoms with van der Waals surface area (Å²) in [5, 5.41) is 0. The van der Waals surface area contributed by atoms with Crippen LogP contribution in [0.5, 0.6) is 0 Å². The number of esters is 1. The fourth-order valence-corrected chi connectivity index (χ4v) is 3.22. The molecule has 0 bridgehead atoms. The van der Waals surface area contributed by atoms with Gasteiger partial charge in [-0.2, -0.15) is 0 Å². The van der Waals surface area contributed by atoms with Crippen molar-refractivity contribution >= 4 is 28.2 Å². The molecule has 0 radical (unpaired) electrons. The molecule has 0 atom stereocenters. The van der Waals surface area contributed by atoms with Gasteiger partial charge in [-0.1, -0.05) is 31.6 Å². The predicted octanol–water partition coefficient (Wildman–Crippen LogP) is 6.93. The molecule has 0 fully saturated rings. The Morgan fingerprint density at radius 2 is 1.77 bits per heavy atom. The Morgan fingerprint density at radius 1 is 1.10 bits per heavy atom. The molecular formula is C20H23F5N2O2S. The monoisotopic (exact) mass is 450 g/mol. The lowest BCUT2D eigenvalue weighted by Crippen LogP contribution is -2.14. The first-order valence-electron chi connectivity index (χ1n) is 8.97. The van der Waals surface area contributed by atoms with Crippen LogP contribution < -0.4 is 0 Å². The summed E-state index contributed by atoms with van der Waals surface area (Å²) >= 11 is 0. The summed E-state index contributed by atoms with van der Waals surface area (Å²) in [5.74, 6) is -0.769. The third-order valence-electron chi connectivity index (χ3n) is 4.59. The number of halogens is 5. The van der Waals surface area contributed by atoms with E-state index < -0.39 is 27.7 Å². The SMILES string of the molecule is CCN(C)/C=N/c1ccc(C(=O)OCc2cccc(S(F)(F)(F)(F)F)c2)c(C)c1C. The van der Waals surface area contributed by atoms with Crippen molar-refractivity contribution in [3.63, 3.8) is 0 Å². The van der Waals surface area contributed by atoms with Crippen molar-refractivity contribution in [1.29, 1.82) is 0 Å². The third kappa shape index (κ3) is 5.94. The van der Waals surface area contributed by atoms with Gasteiger partial charge in [-0.25, -0.2) is 9.79 Å². The lowest BCUT2D eigenvalue weighted by atomic mass is 10.0. The smallest absolute Gasteiger partial charge is 0.338 e. The molecule has 0 unspecified atom stereocenters. The van der Waals surface area contributed by atoms with E-state index in [1.54, 1.807) is 26.3 Å². The van der Waals surface area contributed by atoms with Crippen LogP contribution in [0.15, 0.2) is 46.3 Å². The van der Waals surface area contributed by atoms with Crippen molar-refractivity contribution < 1.29 is 29.0 Å². The summed E-state index contributed by atoms with van der Waals surface area (Å²) in [5.41, 5.74) is 2.04. The Hall–Kier alpha value is -2.62. The van der Waals surface area contributed by atoms with E-state index in [0.29, 0.717) is 23.4 Å². The number of ether oxygens (including phenoxy) is 1. The Balaban J connectivity index is 2.18. The number of benzene rings is 2. The third-order valence-corrected chi connectivity index (χ3v) is 5.73. The molecule has 2 aromatic carbocycles. The van der Waals surface area contributed by atoms with Gasteiger partial charge < -0.3 is 9.64 Å². The first kappa shape index (κ1) is 23.7. The zero-order valence-electron chi connectivity index (χ0n) is 17.0. The molecule has 2 aromatic rings. The van der Waals surface area contributed by atoms with Crippen LogP contribution in [0.1, 0.15) is 34.0 Å². The zero-order chi connectivity index (χ0) is 22.8. The van der Waals surface area contributed by atoms with Gasteiger partial charge in [-0.05, 0) is 61.7 Å². The van der Waals surface area contributed by atoms with Crippen LogP contribution in [0.3, 0.4) is 0 Å². The van der Waals surface area contributed by atoms with Crippen LogP contribution >= 0.6 is 10.2 Å². The average Bonchev–Trinajstić information content (AvgIpc) is 2.65. The van der Waals surface area contributed by atoms with Crippen LogP contribution in [0, 0.1) is 13.8 Å². The van der Waals surface area contributed by atoms with E-state index in [-0.39, 0.29) is 11.1 Å². The van der Waals surface area contributed by atoms with Gasteiger partial charge >= 0.3 is 16.2 Å². The van der Waals surface area contributed by atoms with E-state index in [1.165, 1.54) is 12.1 Å². The number of carbonyl (C=O) groups excluding carboxylic acids is 1. The van der Waals surface area contributed by atoms with Gasteiger partial charge in [0.05, 0.1) is 17.6 Å². The van der Waals surface area contributed by atoms with Crippen LogP contribution in [-0.4, -0.2) is 30.8 Å².